The SMILES string of the molecule is CC(N)c1cccnc1Oc1ccc(C#N)cc1F. The number of rotatable bonds is 3. The third-order valence-electron chi connectivity index (χ3n) is 2.56. The number of benzene rings is 1. The predicted octanol–water partition coefficient (Wildman–Crippen LogP) is 2.90. The number of ether oxygens (including phenoxy) is 1. The first kappa shape index (κ1) is 13.0. The van der Waals surface area contributed by atoms with Crippen molar-refractivity contribution in [3.05, 3.63) is 53.5 Å². The number of aromatic nitrogens is 1. The minimum Gasteiger partial charge on any atom is -0.436 e. The maximum atomic E-state index is 13.7. The Hall–Kier alpha value is -2.45. The normalized spacial score (nSPS) is 11.7. The van der Waals surface area contributed by atoms with Gasteiger partial charge in [0.2, 0.25) is 5.88 Å². The minimum atomic E-state index is -0.611. The lowest BCUT2D eigenvalue weighted by Gasteiger charge is -2.12. The molecule has 0 saturated carbocycles. The van der Waals surface area contributed by atoms with Crippen molar-refractivity contribution in [2.24, 2.45) is 5.73 Å². The predicted molar refractivity (Wildman–Crippen MR) is 68.0 cm³/mol. The Morgan fingerprint density at radius 1 is 1.42 bits per heavy atom. The van der Waals surface area contributed by atoms with Crippen LogP contribution in [0.25, 0.3) is 0 Å². The first-order chi connectivity index (χ1) is 9.11. The lowest BCUT2D eigenvalue weighted by molar-refractivity contribution is 0.419. The second-order valence-electron chi connectivity index (χ2n) is 4.05. The average molecular weight is 257 g/mol. The molecule has 1 aromatic carbocycles. The molecule has 0 radical (unpaired) electrons. The van der Waals surface area contributed by atoms with Crippen LogP contribution in [0.2, 0.25) is 0 Å². The molecule has 0 amide bonds. The highest BCUT2D eigenvalue weighted by Crippen LogP contribution is 2.28. The van der Waals surface area contributed by atoms with Crippen molar-refractivity contribution in [3.63, 3.8) is 0 Å². The zero-order chi connectivity index (χ0) is 13.8. The molecule has 1 heterocycles. The molecule has 2 aromatic rings. The van der Waals surface area contributed by atoms with Crippen molar-refractivity contribution in [3.8, 4) is 17.7 Å². The number of halogens is 1. The standard InChI is InChI=1S/C14H12FN3O/c1-9(17)11-3-2-6-18-14(11)19-13-5-4-10(8-16)7-12(13)15/h2-7,9H,17H2,1H3. The average Bonchev–Trinajstić information content (AvgIpc) is 2.41. The fourth-order valence-corrected chi connectivity index (χ4v) is 1.59. The maximum Gasteiger partial charge on any atom is 0.224 e. The van der Waals surface area contributed by atoms with Crippen LogP contribution in [0, 0.1) is 17.1 Å². The Kier molecular flexibility index (Phi) is 3.74. The van der Waals surface area contributed by atoms with Gasteiger partial charge in [0, 0.05) is 17.8 Å². The van der Waals surface area contributed by atoms with E-state index in [1.54, 1.807) is 25.3 Å². The molecule has 0 aliphatic rings. The van der Waals surface area contributed by atoms with Gasteiger partial charge in [-0.3, -0.25) is 0 Å². The summed E-state index contributed by atoms with van der Waals surface area (Å²) in [6.07, 6.45) is 1.54. The van der Waals surface area contributed by atoms with E-state index in [1.807, 2.05) is 6.07 Å². The third-order valence-corrected chi connectivity index (χ3v) is 2.56. The summed E-state index contributed by atoms with van der Waals surface area (Å²) in [4.78, 5) is 4.05. The van der Waals surface area contributed by atoms with E-state index in [0.29, 0.717) is 5.56 Å². The van der Waals surface area contributed by atoms with Crippen molar-refractivity contribution in [1.82, 2.24) is 4.98 Å². The molecule has 1 atom stereocenters. The van der Waals surface area contributed by atoms with Crippen LogP contribution in [0.3, 0.4) is 0 Å². The van der Waals surface area contributed by atoms with E-state index in [1.165, 1.54) is 12.1 Å². The lowest BCUT2D eigenvalue weighted by Crippen LogP contribution is -2.07. The maximum absolute atomic E-state index is 13.7. The minimum absolute atomic E-state index is 0.0135. The molecule has 0 aliphatic heterocycles. The van der Waals surface area contributed by atoms with Crippen LogP contribution in [0.5, 0.6) is 11.6 Å². The third kappa shape index (κ3) is 2.87. The highest BCUT2D eigenvalue weighted by molar-refractivity contribution is 5.39. The van der Waals surface area contributed by atoms with Crippen LogP contribution >= 0.6 is 0 Å². The molecule has 4 nitrogen and oxygen atoms in total. The van der Waals surface area contributed by atoms with E-state index in [4.69, 9.17) is 15.7 Å². The number of nitriles is 1. The molecule has 1 aromatic heterocycles. The summed E-state index contributed by atoms with van der Waals surface area (Å²) in [6.45, 7) is 1.79. The van der Waals surface area contributed by atoms with Crippen LogP contribution in [0.1, 0.15) is 24.1 Å². The molecule has 0 spiro atoms. The fourth-order valence-electron chi connectivity index (χ4n) is 1.59. The second-order valence-corrected chi connectivity index (χ2v) is 4.05. The van der Waals surface area contributed by atoms with Gasteiger partial charge in [0.25, 0.3) is 0 Å². The summed E-state index contributed by atoms with van der Waals surface area (Å²) in [5.41, 5.74) is 6.72. The van der Waals surface area contributed by atoms with Crippen LogP contribution in [0.4, 0.5) is 4.39 Å². The smallest absolute Gasteiger partial charge is 0.224 e. The zero-order valence-electron chi connectivity index (χ0n) is 10.3. The Bertz CT molecular complexity index is 635. The number of pyridine rings is 1. The van der Waals surface area contributed by atoms with E-state index in [0.717, 1.165) is 6.07 Å². The van der Waals surface area contributed by atoms with E-state index in [9.17, 15) is 4.39 Å². The quantitative estimate of drug-likeness (QED) is 0.917. The summed E-state index contributed by atoms with van der Waals surface area (Å²) < 4.78 is 19.1. The molecule has 2 rings (SSSR count). The highest BCUT2D eigenvalue weighted by Gasteiger charge is 2.12. The Morgan fingerprint density at radius 2 is 2.21 bits per heavy atom. The summed E-state index contributed by atoms with van der Waals surface area (Å²) in [5, 5.41) is 8.67. The molecule has 0 aliphatic carbocycles. The molecule has 19 heavy (non-hydrogen) atoms. The van der Waals surface area contributed by atoms with E-state index in [2.05, 4.69) is 4.98 Å². The number of hydrogen-bond donors (Lipinski definition) is 1. The van der Waals surface area contributed by atoms with Gasteiger partial charge < -0.3 is 10.5 Å². The van der Waals surface area contributed by atoms with Crippen molar-refractivity contribution in [2.75, 3.05) is 0 Å². The van der Waals surface area contributed by atoms with Crippen molar-refractivity contribution in [1.29, 1.82) is 5.26 Å². The van der Waals surface area contributed by atoms with Gasteiger partial charge in [-0.15, -0.1) is 0 Å². The van der Waals surface area contributed by atoms with Crippen molar-refractivity contribution >= 4 is 0 Å². The van der Waals surface area contributed by atoms with E-state index in [-0.39, 0.29) is 23.2 Å². The summed E-state index contributed by atoms with van der Waals surface area (Å²) in [7, 11) is 0. The Balaban J connectivity index is 2.34. The van der Waals surface area contributed by atoms with Crippen LogP contribution < -0.4 is 10.5 Å². The van der Waals surface area contributed by atoms with E-state index < -0.39 is 5.82 Å². The van der Waals surface area contributed by atoms with Gasteiger partial charge in [-0.2, -0.15) is 5.26 Å². The van der Waals surface area contributed by atoms with Gasteiger partial charge in [0.15, 0.2) is 11.6 Å². The van der Waals surface area contributed by atoms with Crippen LogP contribution in [0.15, 0.2) is 36.5 Å². The summed E-state index contributed by atoms with van der Waals surface area (Å²) in [5.74, 6) is -0.332. The molecule has 0 saturated heterocycles. The number of nitrogens with two attached hydrogens (primary N) is 1. The van der Waals surface area contributed by atoms with Crippen LogP contribution in [-0.2, 0) is 0 Å². The van der Waals surface area contributed by atoms with Crippen LogP contribution in [-0.4, -0.2) is 4.98 Å². The highest BCUT2D eigenvalue weighted by atomic mass is 19.1. The van der Waals surface area contributed by atoms with Gasteiger partial charge in [0.05, 0.1) is 11.6 Å². The van der Waals surface area contributed by atoms with Gasteiger partial charge in [0.1, 0.15) is 0 Å². The molecular formula is C14H12FN3O. The molecule has 1 unspecified atom stereocenters. The zero-order valence-corrected chi connectivity index (χ0v) is 10.3. The van der Waals surface area contributed by atoms with Gasteiger partial charge in [-0.1, -0.05) is 6.07 Å². The topological polar surface area (TPSA) is 71.9 Å². The second kappa shape index (κ2) is 5.46. The fraction of sp³-hybridized carbons (Fsp3) is 0.143. The Morgan fingerprint density at radius 3 is 2.84 bits per heavy atom. The molecule has 5 heteroatoms. The molecular weight excluding hydrogens is 245 g/mol. The molecule has 2 N–H and O–H groups in total. The van der Waals surface area contributed by atoms with Gasteiger partial charge >= 0.3 is 0 Å². The monoisotopic (exact) mass is 257 g/mol. The van der Waals surface area contributed by atoms with Gasteiger partial charge in [-0.25, -0.2) is 9.37 Å². The largest absolute Gasteiger partial charge is 0.436 e. The van der Waals surface area contributed by atoms with E-state index >= 15 is 0 Å². The number of nitrogens with zero attached hydrogens (tertiary/aromatic N) is 2. The molecule has 0 fully saturated rings. The van der Waals surface area contributed by atoms with Gasteiger partial charge in [-0.05, 0) is 31.2 Å². The van der Waals surface area contributed by atoms with Crippen molar-refractivity contribution in [2.45, 2.75) is 13.0 Å². The molecule has 96 valence electrons. The Labute approximate surface area is 110 Å². The summed E-state index contributed by atoms with van der Waals surface area (Å²) >= 11 is 0. The lowest BCUT2D eigenvalue weighted by atomic mass is 10.1. The van der Waals surface area contributed by atoms with Crippen molar-refractivity contribution < 1.29 is 9.13 Å². The first-order valence-corrected chi connectivity index (χ1v) is 5.70. The molecule has 0 bridgehead atoms. The number of hydrogen-bond acceptors (Lipinski definition) is 4. The summed E-state index contributed by atoms with van der Waals surface area (Å²) in [6, 6.07) is 9.08. The first-order valence-electron chi connectivity index (χ1n) is 5.70.